The Hall–Kier alpha value is -1.74. The molecule has 1 heterocycles. The number of hydrogen-bond donors (Lipinski definition) is 0. The van der Waals surface area contributed by atoms with E-state index in [4.69, 9.17) is 0 Å². The second-order valence-electron chi connectivity index (χ2n) is 3.03. The van der Waals surface area contributed by atoms with Crippen LogP contribution in [0.4, 0.5) is 0 Å². The zero-order valence-corrected chi connectivity index (χ0v) is 8.66. The van der Waals surface area contributed by atoms with Crippen LogP contribution in [0.15, 0.2) is 35.7 Å². The SMILES string of the molecule is O=Cc1ccccc1-c1sccc1C=O. The zero-order valence-electron chi connectivity index (χ0n) is 7.84. The van der Waals surface area contributed by atoms with Crippen molar-refractivity contribution in [1.82, 2.24) is 0 Å². The maximum absolute atomic E-state index is 10.8. The minimum Gasteiger partial charge on any atom is -0.298 e. The molecule has 0 saturated heterocycles. The topological polar surface area (TPSA) is 34.1 Å². The van der Waals surface area contributed by atoms with Gasteiger partial charge >= 0.3 is 0 Å². The van der Waals surface area contributed by atoms with Gasteiger partial charge in [-0.15, -0.1) is 11.3 Å². The van der Waals surface area contributed by atoms with E-state index in [0.29, 0.717) is 11.1 Å². The van der Waals surface area contributed by atoms with Gasteiger partial charge in [-0.1, -0.05) is 24.3 Å². The number of carbonyl (C=O) groups is 2. The van der Waals surface area contributed by atoms with Crippen LogP contribution in [0.1, 0.15) is 20.7 Å². The Morgan fingerprint density at radius 1 is 0.933 bits per heavy atom. The first kappa shape index (κ1) is 9.80. The number of thiophene rings is 1. The Morgan fingerprint density at radius 2 is 1.67 bits per heavy atom. The Labute approximate surface area is 91.2 Å². The van der Waals surface area contributed by atoms with E-state index in [2.05, 4.69) is 0 Å². The van der Waals surface area contributed by atoms with Crippen LogP contribution in [0, 0.1) is 0 Å². The highest BCUT2D eigenvalue weighted by Crippen LogP contribution is 2.30. The van der Waals surface area contributed by atoms with E-state index >= 15 is 0 Å². The van der Waals surface area contributed by atoms with Crippen LogP contribution in [-0.2, 0) is 0 Å². The van der Waals surface area contributed by atoms with Crippen molar-refractivity contribution in [2.24, 2.45) is 0 Å². The molecule has 0 aliphatic carbocycles. The molecular formula is C12H8O2S. The molecule has 2 nitrogen and oxygen atoms in total. The highest BCUT2D eigenvalue weighted by Gasteiger charge is 2.09. The first-order chi connectivity index (χ1) is 7.36. The summed E-state index contributed by atoms with van der Waals surface area (Å²) in [6.45, 7) is 0. The van der Waals surface area contributed by atoms with Gasteiger partial charge in [0.2, 0.25) is 0 Å². The third kappa shape index (κ3) is 1.74. The molecule has 0 saturated carbocycles. The molecule has 0 atom stereocenters. The molecule has 1 aromatic carbocycles. The smallest absolute Gasteiger partial charge is 0.151 e. The summed E-state index contributed by atoms with van der Waals surface area (Å²) in [5, 5.41) is 1.85. The minimum absolute atomic E-state index is 0.614. The van der Waals surface area contributed by atoms with E-state index in [0.717, 1.165) is 23.0 Å². The fourth-order valence-corrected chi connectivity index (χ4v) is 2.35. The fourth-order valence-electron chi connectivity index (χ4n) is 1.44. The Morgan fingerprint density at radius 3 is 2.40 bits per heavy atom. The summed E-state index contributed by atoms with van der Waals surface area (Å²) >= 11 is 1.47. The first-order valence-electron chi connectivity index (χ1n) is 4.44. The van der Waals surface area contributed by atoms with Crippen molar-refractivity contribution in [2.75, 3.05) is 0 Å². The summed E-state index contributed by atoms with van der Waals surface area (Å²) in [6, 6.07) is 9.02. The average Bonchev–Trinajstić information content (AvgIpc) is 2.76. The molecule has 2 rings (SSSR count). The molecule has 0 amide bonds. The largest absolute Gasteiger partial charge is 0.298 e. The summed E-state index contributed by atoms with van der Waals surface area (Å²) in [5.74, 6) is 0. The molecular weight excluding hydrogens is 208 g/mol. The predicted molar refractivity (Wildman–Crippen MR) is 60.5 cm³/mol. The normalized spacial score (nSPS) is 9.87. The summed E-state index contributed by atoms with van der Waals surface area (Å²) in [6.07, 6.45) is 1.62. The van der Waals surface area contributed by atoms with E-state index in [-0.39, 0.29) is 0 Å². The Kier molecular flexibility index (Phi) is 2.74. The first-order valence-corrected chi connectivity index (χ1v) is 5.32. The summed E-state index contributed by atoms with van der Waals surface area (Å²) < 4.78 is 0. The number of carbonyl (C=O) groups excluding carboxylic acids is 2. The van der Waals surface area contributed by atoms with Gasteiger partial charge < -0.3 is 0 Å². The van der Waals surface area contributed by atoms with E-state index in [1.54, 1.807) is 18.2 Å². The van der Waals surface area contributed by atoms with Crippen molar-refractivity contribution in [2.45, 2.75) is 0 Å². The van der Waals surface area contributed by atoms with Crippen LogP contribution in [0.25, 0.3) is 10.4 Å². The molecule has 1 aromatic heterocycles. The van der Waals surface area contributed by atoms with Gasteiger partial charge in [-0.2, -0.15) is 0 Å². The quantitative estimate of drug-likeness (QED) is 0.739. The summed E-state index contributed by atoms with van der Waals surface area (Å²) in [4.78, 5) is 22.5. The van der Waals surface area contributed by atoms with Crippen LogP contribution in [-0.4, -0.2) is 12.6 Å². The van der Waals surface area contributed by atoms with Crippen molar-refractivity contribution < 1.29 is 9.59 Å². The molecule has 0 unspecified atom stereocenters. The fraction of sp³-hybridized carbons (Fsp3) is 0. The van der Waals surface area contributed by atoms with Crippen LogP contribution in [0.3, 0.4) is 0 Å². The molecule has 0 bridgehead atoms. The van der Waals surface area contributed by atoms with E-state index in [1.807, 2.05) is 17.5 Å². The number of rotatable bonds is 3. The molecule has 15 heavy (non-hydrogen) atoms. The van der Waals surface area contributed by atoms with Crippen LogP contribution in [0.2, 0.25) is 0 Å². The molecule has 0 N–H and O–H groups in total. The van der Waals surface area contributed by atoms with Crippen molar-refractivity contribution in [3.8, 4) is 10.4 Å². The lowest BCUT2D eigenvalue weighted by molar-refractivity contribution is 0.111. The Balaban J connectivity index is 2.63. The maximum atomic E-state index is 10.8. The lowest BCUT2D eigenvalue weighted by Crippen LogP contribution is -1.87. The molecule has 2 aromatic rings. The Bertz CT molecular complexity index is 500. The van der Waals surface area contributed by atoms with Gasteiger partial charge in [0.15, 0.2) is 12.6 Å². The summed E-state index contributed by atoms with van der Waals surface area (Å²) in [5.41, 5.74) is 2.07. The third-order valence-corrected chi connectivity index (χ3v) is 3.12. The average molecular weight is 216 g/mol. The van der Waals surface area contributed by atoms with Gasteiger partial charge in [0.05, 0.1) is 0 Å². The van der Waals surface area contributed by atoms with Crippen molar-refractivity contribution >= 4 is 23.9 Å². The van der Waals surface area contributed by atoms with Crippen LogP contribution in [0.5, 0.6) is 0 Å². The molecule has 74 valence electrons. The highest BCUT2D eigenvalue weighted by atomic mass is 32.1. The molecule has 0 radical (unpaired) electrons. The lowest BCUT2D eigenvalue weighted by atomic mass is 10.0. The van der Waals surface area contributed by atoms with E-state index < -0.39 is 0 Å². The monoisotopic (exact) mass is 216 g/mol. The standard InChI is InChI=1S/C12H8O2S/c13-7-9-3-1-2-4-11(9)12-10(8-14)5-6-15-12/h1-8H. The van der Waals surface area contributed by atoms with Crippen LogP contribution < -0.4 is 0 Å². The molecule has 3 heteroatoms. The van der Waals surface area contributed by atoms with Crippen LogP contribution >= 0.6 is 11.3 Å². The molecule has 0 aliphatic heterocycles. The van der Waals surface area contributed by atoms with E-state index in [1.165, 1.54) is 11.3 Å². The number of aldehydes is 2. The third-order valence-electron chi connectivity index (χ3n) is 2.16. The maximum Gasteiger partial charge on any atom is 0.151 e. The minimum atomic E-state index is 0.614. The van der Waals surface area contributed by atoms with Crippen molar-refractivity contribution in [3.63, 3.8) is 0 Å². The van der Waals surface area contributed by atoms with Gasteiger partial charge in [0, 0.05) is 21.6 Å². The number of benzene rings is 1. The van der Waals surface area contributed by atoms with Gasteiger partial charge in [0.1, 0.15) is 0 Å². The molecule has 0 fully saturated rings. The van der Waals surface area contributed by atoms with Gasteiger partial charge in [-0.05, 0) is 11.4 Å². The second kappa shape index (κ2) is 4.19. The highest BCUT2D eigenvalue weighted by molar-refractivity contribution is 7.14. The van der Waals surface area contributed by atoms with Gasteiger partial charge in [0.25, 0.3) is 0 Å². The van der Waals surface area contributed by atoms with Crippen molar-refractivity contribution in [1.29, 1.82) is 0 Å². The number of hydrogen-bond acceptors (Lipinski definition) is 3. The lowest BCUT2D eigenvalue weighted by Gasteiger charge is -2.02. The molecule has 0 aliphatic rings. The molecule has 0 spiro atoms. The summed E-state index contributed by atoms with van der Waals surface area (Å²) in [7, 11) is 0. The van der Waals surface area contributed by atoms with Gasteiger partial charge in [-0.25, -0.2) is 0 Å². The predicted octanol–water partition coefficient (Wildman–Crippen LogP) is 3.04. The van der Waals surface area contributed by atoms with E-state index in [9.17, 15) is 9.59 Å². The zero-order chi connectivity index (χ0) is 10.7. The second-order valence-corrected chi connectivity index (χ2v) is 3.94. The van der Waals surface area contributed by atoms with Crippen molar-refractivity contribution in [3.05, 3.63) is 46.8 Å². The van der Waals surface area contributed by atoms with Gasteiger partial charge in [-0.3, -0.25) is 9.59 Å².